The van der Waals surface area contributed by atoms with Gasteiger partial charge in [0.25, 0.3) is 0 Å². The van der Waals surface area contributed by atoms with Crippen molar-refractivity contribution in [2.45, 2.75) is 18.9 Å². The van der Waals surface area contributed by atoms with Gasteiger partial charge in [-0.05, 0) is 12.5 Å². The molecule has 0 aromatic heterocycles. The smallest absolute Gasteiger partial charge is 0.323 e. The minimum Gasteiger partial charge on any atom is -0.480 e. The quantitative estimate of drug-likeness (QED) is 0.785. The highest BCUT2D eigenvalue weighted by atomic mass is 16.5. The Morgan fingerprint density at radius 3 is 2.62 bits per heavy atom. The van der Waals surface area contributed by atoms with Crippen molar-refractivity contribution in [3.8, 4) is 0 Å². The lowest BCUT2D eigenvalue weighted by Gasteiger charge is -2.30. The zero-order valence-electron chi connectivity index (χ0n) is 12.5. The Balaban J connectivity index is 1.87. The van der Waals surface area contributed by atoms with Crippen LogP contribution in [-0.2, 0) is 16.0 Å². The summed E-state index contributed by atoms with van der Waals surface area (Å²) in [6.45, 7) is 6.63. The molecule has 5 heteroatoms. The molecule has 1 atom stereocenters. The third kappa shape index (κ3) is 4.81. The maximum absolute atomic E-state index is 11.6. The van der Waals surface area contributed by atoms with Crippen molar-refractivity contribution in [2.75, 3.05) is 39.4 Å². The van der Waals surface area contributed by atoms with Gasteiger partial charge in [-0.25, -0.2) is 0 Å². The monoisotopic (exact) mass is 292 g/mol. The van der Waals surface area contributed by atoms with Crippen molar-refractivity contribution in [1.29, 1.82) is 0 Å². The van der Waals surface area contributed by atoms with Crippen LogP contribution in [0.15, 0.2) is 30.3 Å². The van der Waals surface area contributed by atoms with Crippen molar-refractivity contribution in [2.24, 2.45) is 0 Å². The Bertz CT molecular complexity index is 446. The topological polar surface area (TPSA) is 61.8 Å². The number of ether oxygens (including phenoxy) is 1. The predicted molar refractivity (Wildman–Crippen MR) is 81.4 cm³/mol. The normalized spacial score (nSPS) is 19.1. The molecule has 1 aromatic rings. The summed E-state index contributed by atoms with van der Waals surface area (Å²) in [5.41, 5.74) is 0.0921. The van der Waals surface area contributed by atoms with Crippen LogP contribution in [0.2, 0.25) is 0 Å². The van der Waals surface area contributed by atoms with Crippen LogP contribution < -0.4 is 5.32 Å². The summed E-state index contributed by atoms with van der Waals surface area (Å²) in [6, 6.07) is 9.74. The molecule has 21 heavy (non-hydrogen) atoms. The molecule has 5 nitrogen and oxygen atoms in total. The summed E-state index contributed by atoms with van der Waals surface area (Å²) in [7, 11) is 0. The summed E-state index contributed by atoms with van der Waals surface area (Å²) in [5.74, 6) is -0.812. The van der Waals surface area contributed by atoms with Crippen LogP contribution in [0, 0.1) is 0 Å². The second-order valence-electron chi connectivity index (χ2n) is 5.68. The molecular formula is C16H24N2O3. The zero-order chi connectivity index (χ0) is 15.1. The maximum atomic E-state index is 11.6. The van der Waals surface area contributed by atoms with E-state index < -0.39 is 11.5 Å². The van der Waals surface area contributed by atoms with Gasteiger partial charge in [-0.3, -0.25) is 9.69 Å². The molecule has 2 N–H and O–H groups in total. The van der Waals surface area contributed by atoms with Crippen LogP contribution in [0.1, 0.15) is 12.5 Å². The highest BCUT2D eigenvalue weighted by Crippen LogP contribution is 2.13. The number of nitrogens with zero attached hydrogens (tertiary/aromatic N) is 1. The Hall–Kier alpha value is -1.43. The van der Waals surface area contributed by atoms with E-state index in [1.54, 1.807) is 6.92 Å². The number of carboxylic acid groups (broad SMARTS) is 1. The molecule has 1 saturated heterocycles. The molecule has 1 aliphatic heterocycles. The molecule has 1 fully saturated rings. The van der Waals surface area contributed by atoms with Gasteiger partial charge in [0.2, 0.25) is 0 Å². The van der Waals surface area contributed by atoms with Gasteiger partial charge >= 0.3 is 5.97 Å². The molecule has 0 saturated carbocycles. The molecule has 0 amide bonds. The largest absolute Gasteiger partial charge is 0.480 e. The first kappa shape index (κ1) is 15.9. The Morgan fingerprint density at radius 2 is 2.00 bits per heavy atom. The van der Waals surface area contributed by atoms with Gasteiger partial charge in [-0.15, -0.1) is 0 Å². The van der Waals surface area contributed by atoms with Crippen molar-refractivity contribution >= 4 is 5.97 Å². The first-order chi connectivity index (χ1) is 10.1. The van der Waals surface area contributed by atoms with E-state index in [1.807, 2.05) is 30.3 Å². The van der Waals surface area contributed by atoms with Gasteiger partial charge in [0.1, 0.15) is 5.54 Å². The third-order valence-corrected chi connectivity index (χ3v) is 3.92. The highest BCUT2D eigenvalue weighted by Gasteiger charge is 2.32. The van der Waals surface area contributed by atoms with Crippen LogP contribution in [0.5, 0.6) is 0 Å². The zero-order valence-corrected chi connectivity index (χ0v) is 12.5. The van der Waals surface area contributed by atoms with Crippen LogP contribution >= 0.6 is 0 Å². The minimum absolute atomic E-state index is 0.478. The Morgan fingerprint density at radius 1 is 1.33 bits per heavy atom. The highest BCUT2D eigenvalue weighted by molar-refractivity contribution is 5.78. The maximum Gasteiger partial charge on any atom is 0.323 e. The van der Waals surface area contributed by atoms with Gasteiger partial charge in [-0.1, -0.05) is 30.3 Å². The lowest BCUT2D eigenvalue weighted by molar-refractivity contribution is -0.144. The average Bonchev–Trinajstić information content (AvgIpc) is 2.49. The van der Waals surface area contributed by atoms with Crippen molar-refractivity contribution in [3.63, 3.8) is 0 Å². The molecule has 1 aliphatic rings. The Labute approximate surface area is 125 Å². The van der Waals surface area contributed by atoms with E-state index in [4.69, 9.17) is 4.74 Å². The molecule has 0 bridgehead atoms. The standard InChI is InChI=1S/C16H24N2O3/c1-16(15(19)20,13-14-5-3-2-4-6-14)17-7-8-18-9-11-21-12-10-18/h2-6,17H,7-13H2,1H3,(H,19,20). The molecular weight excluding hydrogens is 268 g/mol. The third-order valence-electron chi connectivity index (χ3n) is 3.92. The summed E-state index contributed by atoms with van der Waals surface area (Å²) >= 11 is 0. The molecule has 0 aliphatic carbocycles. The van der Waals surface area contributed by atoms with E-state index in [2.05, 4.69) is 10.2 Å². The van der Waals surface area contributed by atoms with E-state index in [-0.39, 0.29) is 0 Å². The van der Waals surface area contributed by atoms with E-state index >= 15 is 0 Å². The van der Waals surface area contributed by atoms with Gasteiger partial charge in [-0.2, -0.15) is 0 Å². The second-order valence-corrected chi connectivity index (χ2v) is 5.68. The van der Waals surface area contributed by atoms with Crippen LogP contribution in [-0.4, -0.2) is 60.9 Å². The van der Waals surface area contributed by atoms with Gasteiger partial charge < -0.3 is 15.2 Å². The van der Waals surface area contributed by atoms with Crippen molar-refractivity contribution < 1.29 is 14.6 Å². The number of carboxylic acids is 1. The number of hydrogen-bond acceptors (Lipinski definition) is 4. The number of nitrogens with one attached hydrogen (secondary N) is 1. The lowest BCUT2D eigenvalue weighted by Crippen LogP contribution is -2.53. The fourth-order valence-corrected chi connectivity index (χ4v) is 2.53. The second kappa shape index (κ2) is 7.54. The Kier molecular flexibility index (Phi) is 5.73. The summed E-state index contributed by atoms with van der Waals surface area (Å²) in [6.07, 6.45) is 0.478. The van der Waals surface area contributed by atoms with Crippen LogP contribution in [0.25, 0.3) is 0 Å². The number of carbonyl (C=O) groups is 1. The number of aliphatic carboxylic acids is 1. The first-order valence-corrected chi connectivity index (χ1v) is 7.43. The fraction of sp³-hybridized carbons (Fsp3) is 0.562. The van der Waals surface area contributed by atoms with Crippen LogP contribution in [0.3, 0.4) is 0 Å². The van der Waals surface area contributed by atoms with Gasteiger partial charge in [0.15, 0.2) is 0 Å². The van der Waals surface area contributed by atoms with Crippen LogP contribution in [0.4, 0.5) is 0 Å². The molecule has 116 valence electrons. The van der Waals surface area contributed by atoms with Crippen molar-refractivity contribution in [1.82, 2.24) is 10.2 Å². The number of hydrogen-bond donors (Lipinski definition) is 2. The molecule has 0 radical (unpaired) electrons. The number of benzene rings is 1. The number of morpholine rings is 1. The summed E-state index contributed by atoms with van der Waals surface area (Å²) in [4.78, 5) is 13.9. The van der Waals surface area contributed by atoms with Gasteiger partial charge in [0, 0.05) is 32.6 Å². The summed E-state index contributed by atoms with van der Waals surface area (Å²) < 4.78 is 5.31. The van der Waals surface area contributed by atoms with E-state index in [0.717, 1.165) is 38.4 Å². The van der Waals surface area contributed by atoms with Crippen molar-refractivity contribution in [3.05, 3.63) is 35.9 Å². The molecule has 1 unspecified atom stereocenters. The first-order valence-electron chi connectivity index (χ1n) is 7.43. The molecule has 2 rings (SSSR count). The van der Waals surface area contributed by atoms with E-state index in [0.29, 0.717) is 13.0 Å². The minimum atomic E-state index is -0.937. The summed E-state index contributed by atoms with van der Waals surface area (Å²) in [5, 5.41) is 12.7. The molecule has 1 heterocycles. The van der Waals surface area contributed by atoms with Gasteiger partial charge in [0.05, 0.1) is 13.2 Å². The number of rotatable bonds is 7. The lowest BCUT2D eigenvalue weighted by atomic mass is 9.93. The molecule has 0 spiro atoms. The fourth-order valence-electron chi connectivity index (χ4n) is 2.53. The predicted octanol–water partition coefficient (Wildman–Crippen LogP) is 0.994. The average molecular weight is 292 g/mol. The molecule has 1 aromatic carbocycles. The SMILES string of the molecule is CC(Cc1ccccc1)(NCCN1CCOCC1)C(=O)O. The van der Waals surface area contributed by atoms with E-state index in [1.165, 1.54) is 0 Å². The van der Waals surface area contributed by atoms with E-state index in [9.17, 15) is 9.90 Å².